The van der Waals surface area contributed by atoms with Crippen LogP contribution in [-0.2, 0) is 14.3 Å². The fraction of sp³-hybridized carbons (Fsp3) is 0.556. The highest BCUT2D eigenvalue weighted by Crippen LogP contribution is 2.21. The number of hydrogen-bond donors (Lipinski definition) is 1. The molecular weight excluding hydrogens is 311 g/mol. The molecule has 5 nitrogen and oxygen atoms in total. The number of anilines is 1. The maximum absolute atomic E-state index is 13.8. The summed E-state index contributed by atoms with van der Waals surface area (Å²) in [5.41, 5.74) is 0.999. The van der Waals surface area contributed by atoms with Gasteiger partial charge in [0.25, 0.3) is 0 Å². The number of rotatable bonds is 5. The Hall–Kier alpha value is -1.95. The van der Waals surface area contributed by atoms with Crippen molar-refractivity contribution in [1.82, 2.24) is 4.90 Å². The Morgan fingerprint density at radius 1 is 1.38 bits per heavy atom. The number of carbonyl (C=O) groups is 2. The minimum Gasteiger partial charge on any atom is -0.466 e. The van der Waals surface area contributed by atoms with Crippen LogP contribution in [-0.4, -0.2) is 42.5 Å². The van der Waals surface area contributed by atoms with Gasteiger partial charge in [0.05, 0.1) is 24.3 Å². The van der Waals surface area contributed by atoms with Crippen LogP contribution in [0.25, 0.3) is 0 Å². The van der Waals surface area contributed by atoms with Crippen LogP contribution in [0.1, 0.15) is 32.3 Å². The van der Waals surface area contributed by atoms with Gasteiger partial charge in [-0.2, -0.15) is 0 Å². The monoisotopic (exact) mass is 336 g/mol. The zero-order valence-electron chi connectivity index (χ0n) is 14.5. The molecule has 1 amide bonds. The summed E-state index contributed by atoms with van der Waals surface area (Å²) in [5.74, 6) is -0.925. The first-order chi connectivity index (χ1) is 11.4. The summed E-state index contributed by atoms with van der Waals surface area (Å²) in [5, 5.41) is 2.64. The summed E-state index contributed by atoms with van der Waals surface area (Å²) in [6, 6.07) is 4.34. The lowest BCUT2D eigenvalue weighted by Gasteiger charge is -2.34. The molecule has 2 rings (SSSR count). The molecule has 1 saturated heterocycles. The predicted molar refractivity (Wildman–Crippen MR) is 90.2 cm³/mol. The Morgan fingerprint density at radius 2 is 2.04 bits per heavy atom. The van der Waals surface area contributed by atoms with Crippen molar-refractivity contribution in [3.8, 4) is 0 Å². The van der Waals surface area contributed by atoms with Crippen molar-refractivity contribution in [2.45, 2.75) is 39.7 Å². The van der Waals surface area contributed by atoms with Crippen LogP contribution in [0.2, 0.25) is 0 Å². The number of aryl methyl sites for hydroxylation is 1. The lowest BCUT2D eigenvalue weighted by Crippen LogP contribution is -2.47. The second-order valence-electron chi connectivity index (χ2n) is 6.21. The molecule has 6 heteroatoms. The van der Waals surface area contributed by atoms with Crippen molar-refractivity contribution >= 4 is 17.6 Å². The van der Waals surface area contributed by atoms with Gasteiger partial charge < -0.3 is 10.1 Å². The van der Waals surface area contributed by atoms with E-state index in [-0.39, 0.29) is 29.5 Å². The SMILES string of the molecule is CCOC(=O)C1CCN(C(C)C(=O)Nc2ccc(C)cc2F)CC1. The van der Waals surface area contributed by atoms with Gasteiger partial charge in [0.1, 0.15) is 5.82 Å². The molecule has 0 bridgehead atoms. The fourth-order valence-corrected chi connectivity index (χ4v) is 2.91. The highest BCUT2D eigenvalue weighted by molar-refractivity contribution is 5.94. The minimum absolute atomic E-state index is 0.0917. The Morgan fingerprint density at radius 3 is 2.62 bits per heavy atom. The molecule has 1 heterocycles. The van der Waals surface area contributed by atoms with Gasteiger partial charge in [-0.3, -0.25) is 14.5 Å². The highest BCUT2D eigenvalue weighted by atomic mass is 19.1. The van der Waals surface area contributed by atoms with E-state index in [0.29, 0.717) is 32.5 Å². The number of benzene rings is 1. The molecule has 1 atom stereocenters. The molecule has 1 aliphatic heterocycles. The average molecular weight is 336 g/mol. The minimum atomic E-state index is -0.434. The van der Waals surface area contributed by atoms with E-state index in [1.54, 1.807) is 32.9 Å². The van der Waals surface area contributed by atoms with Crippen LogP contribution in [0, 0.1) is 18.7 Å². The van der Waals surface area contributed by atoms with Crippen molar-refractivity contribution in [2.24, 2.45) is 5.92 Å². The van der Waals surface area contributed by atoms with Gasteiger partial charge in [0.2, 0.25) is 5.91 Å². The first-order valence-electron chi connectivity index (χ1n) is 8.40. The topological polar surface area (TPSA) is 58.6 Å². The molecule has 0 radical (unpaired) electrons. The van der Waals surface area contributed by atoms with Crippen molar-refractivity contribution in [3.63, 3.8) is 0 Å². The maximum Gasteiger partial charge on any atom is 0.309 e. The first kappa shape index (κ1) is 18.4. The molecule has 0 aliphatic carbocycles. The van der Waals surface area contributed by atoms with Crippen LogP contribution >= 0.6 is 0 Å². The fourth-order valence-electron chi connectivity index (χ4n) is 2.91. The number of piperidine rings is 1. The van der Waals surface area contributed by atoms with Crippen LogP contribution in [0.15, 0.2) is 18.2 Å². The predicted octanol–water partition coefficient (Wildman–Crippen LogP) is 2.74. The molecule has 132 valence electrons. The second kappa shape index (κ2) is 8.24. The van der Waals surface area contributed by atoms with E-state index in [1.807, 2.05) is 4.90 Å². The van der Waals surface area contributed by atoms with Gasteiger partial charge in [-0.1, -0.05) is 6.07 Å². The summed E-state index contributed by atoms with van der Waals surface area (Å²) in [4.78, 5) is 26.1. The number of halogens is 1. The van der Waals surface area contributed by atoms with E-state index in [4.69, 9.17) is 4.74 Å². The van der Waals surface area contributed by atoms with E-state index in [1.165, 1.54) is 6.07 Å². The molecule has 0 saturated carbocycles. The molecule has 24 heavy (non-hydrogen) atoms. The zero-order chi connectivity index (χ0) is 17.7. The van der Waals surface area contributed by atoms with Gasteiger partial charge in [0, 0.05) is 0 Å². The quantitative estimate of drug-likeness (QED) is 0.840. The summed E-state index contributed by atoms with van der Waals surface area (Å²) in [6.07, 6.45) is 1.35. The van der Waals surface area contributed by atoms with Crippen LogP contribution in [0.3, 0.4) is 0 Å². The zero-order valence-corrected chi connectivity index (χ0v) is 14.5. The lowest BCUT2D eigenvalue weighted by atomic mass is 9.96. The molecule has 1 aromatic carbocycles. The number of ether oxygens (including phenoxy) is 1. The molecule has 1 aromatic rings. The number of carbonyl (C=O) groups excluding carboxylic acids is 2. The van der Waals surface area contributed by atoms with E-state index >= 15 is 0 Å². The van der Waals surface area contributed by atoms with Crippen molar-refractivity contribution in [3.05, 3.63) is 29.6 Å². The number of likely N-dealkylation sites (tertiary alicyclic amines) is 1. The number of hydrogen-bond acceptors (Lipinski definition) is 4. The number of esters is 1. The Bertz CT molecular complexity index is 598. The van der Waals surface area contributed by atoms with Gasteiger partial charge in [0.15, 0.2) is 0 Å². The molecule has 1 N–H and O–H groups in total. The molecular formula is C18H25FN2O3. The van der Waals surface area contributed by atoms with Gasteiger partial charge >= 0.3 is 5.97 Å². The van der Waals surface area contributed by atoms with E-state index in [0.717, 1.165) is 5.56 Å². The molecule has 1 aliphatic rings. The third-order valence-electron chi connectivity index (χ3n) is 4.46. The largest absolute Gasteiger partial charge is 0.466 e. The number of nitrogens with one attached hydrogen (secondary N) is 1. The second-order valence-corrected chi connectivity index (χ2v) is 6.21. The summed E-state index contributed by atoms with van der Waals surface area (Å²) < 4.78 is 18.9. The third-order valence-corrected chi connectivity index (χ3v) is 4.46. The molecule has 1 fully saturated rings. The van der Waals surface area contributed by atoms with Crippen molar-refractivity contribution < 1.29 is 18.7 Å². The van der Waals surface area contributed by atoms with Crippen molar-refractivity contribution in [1.29, 1.82) is 0 Å². The molecule has 0 aromatic heterocycles. The summed E-state index contributed by atoms with van der Waals surface area (Å²) >= 11 is 0. The van der Waals surface area contributed by atoms with Gasteiger partial charge in [-0.25, -0.2) is 4.39 Å². The lowest BCUT2D eigenvalue weighted by molar-refractivity contribution is -0.149. The van der Waals surface area contributed by atoms with Crippen LogP contribution < -0.4 is 5.32 Å². The van der Waals surface area contributed by atoms with Crippen molar-refractivity contribution in [2.75, 3.05) is 25.0 Å². The summed E-state index contributed by atoms with van der Waals surface area (Å²) in [7, 11) is 0. The maximum atomic E-state index is 13.8. The van der Waals surface area contributed by atoms with Gasteiger partial charge in [-0.15, -0.1) is 0 Å². The van der Waals surface area contributed by atoms with Crippen LogP contribution in [0.5, 0.6) is 0 Å². The van der Waals surface area contributed by atoms with E-state index in [2.05, 4.69) is 5.32 Å². The number of amides is 1. The van der Waals surface area contributed by atoms with E-state index in [9.17, 15) is 14.0 Å². The van der Waals surface area contributed by atoms with Crippen LogP contribution in [0.4, 0.5) is 10.1 Å². The normalized spacial score (nSPS) is 17.3. The average Bonchev–Trinajstić information content (AvgIpc) is 2.57. The first-order valence-corrected chi connectivity index (χ1v) is 8.40. The Labute approximate surface area is 142 Å². The standard InChI is InChI=1S/C18H25FN2O3/c1-4-24-18(23)14-7-9-21(10-8-14)13(3)17(22)20-16-6-5-12(2)11-15(16)19/h5-6,11,13-14H,4,7-10H2,1-3H3,(H,20,22). The molecule has 0 spiro atoms. The number of nitrogens with zero attached hydrogens (tertiary/aromatic N) is 1. The summed E-state index contributed by atoms with van der Waals surface area (Å²) in [6.45, 7) is 7.07. The third kappa shape index (κ3) is 4.54. The highest BCUT2D eigenvalue weighted by Gasteiger charge is 2.30. The smallest absolute Gasteiger partial charge is 0.309 e. The Kier molecular flexibility index (Phi) is 6.31. The Balaban J connectivity index is 1.89. The van der Waals surface area contributed by atoms with E-state index < -0.39 is 5.82 Å². The molecule has 1 unspecified atom stereocenters. The van der Waals surface area contributed by atoms with Gasteiger partial charge in [-0.05, 0) is 64.4 Å².